The predicted molar refractivity (Wildman–Crippen MR) is 82.8 cm³/mol. The van der Waals surface area contributed by atoms with Gasteiger partial charge in [-0.05, 0) is 38.1 Å². The number of thioether (sulfide) groups is 1. The average molecular weight is 320 g/mol. The summed E-state index contributed by atoms with van der Waals surface area (Å²) in [7, 11) is 1.32. The molecule has 0 saturated carbocycles. The van der Waals surface area contributed by atoms with Gasteiger partial charge in [0.25, 0.3) is 0 Å². The summed E-state index contributed by atoms with van der Waals surface area (Å²) >= 11 is 1.26. The Hall–Kier alpha value is -2.35. The van der Waals surface area contributed by atoms with Crippen LogP contribution in [0.25, 0.3) is 0 Å². The third-order valence-corrected chi connectivity index (χ3v) is 3.76. The molecule has 1 amide bonds. The maximum Gasteiger partial charge on any atom is 0.337 e. The summed E-state index contributed by atoms with van der Waals surface area (Å²) in [5.41, 5.74) is 1.04. The summed E-state index contributed by atoms with van der Waals surface area (Å²) in [5.74, 6) is 0.119. The van der Waals surface area contributed by atoms with Crippen molar-refractivity contribution in [3.05, 3.63) is 35.7 Å². The maximum absolute atomic E-state index is 12.1. The van der Waals surface area contributed by atoms with Gasteiger partial charge in [-0.25, -0.2) is 9.78 Å². The summed E-state index contributed by atoms with van der Waals surface area (Å²) in [5, 5.41) is 9.66. The van der Waals surface area contributed by atoms with Crippen LogP contribution in [0.15, 0.2) is 29.4 Å². The number of rotatable bonds is 5. The highest BCUT2D eigenvalue weighted by Crippen LogP contribution is 2.20. The fourth-order valence-electron chi connectivity index (χ4n) is 1.64. The Balaban J connectivity index is 1.94. The van der Waals surface area contributed by atoms with Crippen molar-refractivity contribution in [2.24, 2.45) is 0 Å². The molecule has 0 aliphatic carbocycles. The number of carbonyl (C=O) groups is 2. The standard InChI is InChI=1S/C14H16N4O3S/c1-8(22-14-15-9(2)17-18-14)12(19)16-11-6-4-10(5-7-11)13(20)21-3/h4-8H,1-3H3,(H,16,19)(H,15,17,18)/t8-/m1/s1. The van der Waals surface area contributed by atoms with Crippen molar-refractivity contribution in [2.45, 2.75) is 24.3 Å². The van der Waals surface area contributed by atoms with Crippen LogP contribution in [0, 0.1) is 6.92 Å². The zero-order valence-corrected chi connectivity index (χ0v) is 13.2. The van der Waals surface area contributed by atoms with E-state index in [1.165, 1.54) is 18.9 Å². The molecule has 0 unspecified atom stereocenters. The number of nitrogens with one attached hydrogen (secondary N) is 2. The molecule has 0 fully saturated rings. The number of nitrogens with zero attached hydrogens (tertiary/aromatic N) is 2. The molecule has 22 heavy (non-hydrogen) atoms. The SMILES string of the molecule is COC(=O)c1ccc(NC(=O)[C@@H](C)Sc2n[nH]c(C)n2)cc1. The number of ether oxygens (including phenoxy) is 1. The Kier molecular flexibility index (Phi) is 5.16. The Bertz CT molecular complexity index is 669. The molecule has 1 aromatic carbocycles. The number of methoxy groups -OCH3 is 1. The van der Waals surface area contributed by atoms with Crippen molar-refractivity contribution in [1.29, 1.82) is 0 Å². The van der Waals surface area contributed by atoms with Crippen molar-refractivity contribution in [3.8, 4) is 0 Å². The highest BCUT2D eigenvalue weighted by atomic mass is 32.2. The van der Waals surface area contributed by atoms with E-state index >= 15 is 0 Å². The molecule has 0 spiro atoms. The number of aryl methyl sites for hydroxylation is 1. The zero-order chi connectivity index (χ0) is 16.1. The van der Waals surface area contributed by atoms with E-state index in [0.717, 1.165) is 0 Å². The molecule has 1 heterocycles. The van der Waals surface area contributed by atoms with Gasteiger partial charge < -0.3 is 10.1 Å². The Morgan fingerprint density at radius 1 is 1.32 bits per heavy atom. The number of esters is 1. The molecule has 0 saturated heterocycles. The van der Waals surface area contributed by atoms with Crippen LogP contribution < -0.4 is 5.32 Å². The predicted octanol–water partition coefficient (Wildman–Crippen LogP) is 2.02. The monoisotopic (exact) mass is 320 g/mol. The van der Waals surface area contributed by atoms with Crippen molar-refractivity contribution in [2.75, 3.05) is 12.4 Å². The number of hydrogen-bond acceptors (Lipinski definition) is 6. The topological polar surface area (TPSA) is 97.0 Å². The minimum absolute atomic E-state index is 0.168. The molecular weight excluding hydrogens is 304 g/mol. The van der Waals surface area contributed by atoms with Gasteiger partial charge in [0, 0.05) is 5.69 Å². The smallest absolute Gasteiger partial charge is 0.337 e. The molecule has 0 aliphatic heterocycles. The van der Waals surface area contributed by atoms with Crippen molar-refractivity contribution < 1.29 is 14.3 Å². The number of aromatic nitrogens is 3. The van der Waals surface area contributed by atoms with E-state index < -0.39 is 5.97 Å². The summed E-state index contributed by atoms with van der Waals surface area (Å²) in [6.45, 7) is 3.57. The minimum atomic E-state index is -0.415. The number of hydrogen-bond donors (Lipinski definition) is 2. The lowest BCUT2D eigenvalue weighted by Gasteiger charge is -2.10. The van der Waals surface area contributed by atoms with Gasteiger partial charge in [0.1, 0.15) is 5.82 Å². The fraction of sp³-hybridized carbons (Fsp3) is 0.286. The van der Waals surface area contributed by atoms with E-state index in [9.17, 15) is 9.59 Å². The highest BCUT2D eigenvalue weighted by molar-refractivity contribution is 8.00. The van der Waals surface area contributed by atoms with Crippen molar-refractivity contribution in [1.82, 2.24) is 15.2 Å². The maximum atomic E-state index is 12.1. The molecule has 2 rings (SSSR count). The van der Waals surface area contributed by atoms with Gasteiger partial charge in [0.05, 0.1) is 17.9 Å². The second-order valence-electron chi connectivity index (χ2n) is 4.52. The van der Waals surface area contributed by atoms with Crippen LogP contribution in [0.1, 0.15) is 23.1 Å². The van der Waals surface area contributed by atoms with Crippen LogP contribution in [0.2, 0.25) is 0 Å². The van der Waals surface area contributed by atoms with E-state index in [1.54, 1.807) is 38.1 Å². The lowest BCUT2D eigenvalue weighted by molar-refractivity contribution is -0.115. The van der Waals surface area contributed by atoms with E-state index in [1.807, 2.05) is 0 Å². The molecule has 0 bridgehead atoms. The quantitative estimate of drug-likeness (QED) is 0.646. The Morgan fingerprint density at radius 2 is 2.00 bits per heavy atom. The number of carbonyl (C=O) groups excluding carboxylic acids is 2. The number of H-pyrrole nitrogens is 1. The first-order valence-corrected chi connectivity index (χ1v) is 7.42. The molecule has 2 aromatic rings. The Morgan fingerprint density at radius 3 is 2.55 bits per heavy atom. The van der Waals surface area contributed by atoms with Crippen LogP contribution >= 0.6 is 11.8 Å². The zero-order valence-electron chi connectivity index (χ0n) is 12.4. The van der Waals surface area contributed by atoms with E-state index in [4.69, 9.17) is 0 Å². The van der Waals surface area contributed by atoms with Gasteiger partial charge in [-0.1, -0.05) is 11.8 Å². The fourth-order valence-corrected chi connectivity index (χ4v) is 2.41. The first-order valence-electron chi connectivity index (χ1n) is 6.54. The summed E-state index contributed by atoms with van der Waals surface area (Å²) < 4.78 is 4.62. The molecule has 0 aliphatic rings. The lowest BCUT2D eigenvalue weighted by Crippen LogP contribution is -2.22. The third kappa shape index (κ3) is 4.08. The molecule has 0 radical (unpaired) electrons. The summed E-state index contributed by atoms with van der Waals surface area (Å²) in [6, 6.07) is 6.49. The number of anilines is 1. The van der Waals surface area contributed by atoms with Gasteiger partial charge in [0.2, 0.25) is 11.1 Å². The van der Waals surface area contributed by atoms with Crippen LogP contribution in [-0.4, -0.2) is 39.4 Å². The normalized spacial score (nSPS) is 11.8. The largest absolute Gasteiger partial charge is 0.465 e. The van der Waals surface area contributed by atoms with Crippen LogP contribution in [0.4, 0.5) is 5.69 Å². The van der Waals surface area contributed by atoms with Gasteiger partial charge in [0.15, 0.2) is 0 Å². The summed E-state index contributed by atoms with van der Waals surface area (Å²) in [6.07, 6.45) is 0. The second kappa shape index (κ2) is 7.08. The molecule has 116 valence electrons. The van der Waals surface area contributed by atoms with E-state index in [0.29, 0.717) is 22.2 Å². The lowest BCUT2D eigenvalue weighted by atomic mass is 10.2. The summed E-state index contributed by atoms with van der Waals surface area (Å²) in [4.78, 5) is 27.6. The number of amides is 1. The number of benzene rings is 1. The molecule has 2 N–H and O–H groups in total. The molecule has 7 nitrogen and oxygen atoms in total. The molecule has 1 aromatic heterocycles. The van der Waals surface area contributed by atoms with Gasteiger partial charge in [-0.3, -0.25) is 9.89 Å². The van der Waals surface area contributed by atoms with Crippen LogP contribution in [0.3, 0.4) is 0 Å². The molecule has 1 atom stereocenters. The van der Waals surface area contributed by atoms with Crippen LogP contribution in [-0.2, 0) is 9.53 Å². The highest BCUT2D eigenvalue weighted by Gasteiger charge is 2.17. The molecular formula is C14H16N4O3S. The first-order chi connectivity index (χ1) is 10.5. The Labute approximate surface area is 131 Å². The first kappa shape index (κ1) is 16.0. The second-order valence-corrected chi connectivity index (χ2v) is 5.83. The minimum Gasteiger partial charge on any atom is -0.465 e. The number of aromatic amines is 1. The van der Waals surface area contributed by atoms with Crippen molar-refractivity contribution >= 4 is 29.3 Å². The van der Waals surface area contributed by atoms with E-state index in [-0.39, 0.29) is 11.2 Å². The van der Waals surface area contributed by atoms with Gasteiger partial charge in [-0.15, -0.1) is 5.10 Å². The van der Waals surface area contributed by atoms with Crippen LogP contribution in [0.5, 0.6) is 0 Å². The average Bonchev–Trinajstić information content (AvgIpc) is 2.92. The van der Waals surface area contributed by atoms with E-state index in [2.05, 4.69) is 25.2 Å². The molecule has 8 heteroatoms. The van der Waals surface area contributed by atoms with Gasteiger partial charge >= 0.3 is 5.97 Å². The van der Waals surface area contributed by atoms with Crippen molar-refractivity contribution in [3.63, 3.8) is 0 Å². The van der Waals surface area contributed by atoms with Gasteiger partial charge in [-0.2, -0.15) is 0 Å². The third-order valence-electron chi connectivity index (χ3n) is 2.80.